The van der Waals surface area contributed by atoms with Gasteiger partial charge in [-0.15, -0.1) is 0 Å². The lowest BCUT2D eigenvalue weighted by molar-refractivity contribution is -0.117. The molecule has 3 rings (SSSR count). The summed E-state index contributed by atoms with van der Waals surface area (Å²) < 4.78 is 26.7. The van der Waals surface area contributed by atoms with E-state index in [1.54, 1.807) is 18.2 Å². The standard InChI is InChI=1S/C20H20BrClN2O4S/c1-12-3-4-16(22)11-17(12)23-19(26)6-8-29(27,28)18-10-15(21)9-14-5-7-24(13(2)25)20(14)18/h3-4,9-11H,5-8H2,1-2H3,(H,23,26). The van der Waals surface area contributed by atoms with E-state index in [9.17, 15) is 18.0 Å². The second-order valence-corrected chi connectivity index (χ2v) is 10.3. The number of hydrogen-bond donors (Lipinski definition) is 1. The van der Waals surface area contributed by atoms with Crippen LogP contribution in [0.25, 0.3) is 0 Å². The Morgan fingerprint density at radius 2 is 1.97 bits per heavy atom. The number of sulfone groups is 1. The van der Waals surface area contributed by atoms with Crippen molar-refractivity contribution in [3.05, 3.63) is 51.0 Å². The van der Waals surface area contributed by atoms with Crippen molar-refractivity contribution in [2.45, 2.75) is 31.6 Å². The van der Waals surface area contributed by atoms with Crippen molar-refractivity contribution in [1.29, 1.82) is 0 Å². The third-order valence-corrected chi connectivity index (χ3v) is 7.20. The van der Waals surface area contributed by atoms with Crippen molar-refractivity contribution in [1.82, 2.24) is 0 Å². The zero-order valence-corrected chi connectivity index (χ0v) is 19.1. The third-order valence-electron chi connectivity index (χ3n) is 4.78. The van der Waals surface area contributed by atoms with Crippen molar-refractivity contribution >= 4 is 60.6 Å². The van der Waals surface area contributed by atoms with Crippen LogP contribution in [0.2, 0.25) is 5.02 Å². The highest BCUT2D eigenvalue weighted by Crippen LogP contribution is 2.38. The molecule has 1 heterocycles. The highest BCUT2D eigenvalue weighted by atomic mass is 79.9. The van der Waals surface area contributed by atoms with Crippen LogP contribution in [-0.2, 0) is 25.8 Å². The van der Waals surface area contributed by atoms with Gasteiger partial charge in [-0.3, -0.25) is 9.59 Å². The highest BCUT2D eigenvalue weighted by Gasteiger charge is 2.31. The summed E-state index contributed by atoms with van der Waals surface area (Å²) >= 11 is 9.30. The summed E-state index contributed by atoms with van der Waals surface area (Å²) in [6.07, 6.45) is 0.376. The van der Waals surface area contributed by atoms with Gasteiger partial charge in [-0.05, 0) is 48.7 Å². The summed E-state index contributed by atoms with van der Waals surface area (Å²) in [5, 5.41) is 3.18. The number of carbonyl (C=O) groups is 2. The molecule has 1 aliphatic heterocycles. The Hall–Kier alpha value is -1.90. The first-order valence-corrected chi connectivity index (χ1v) is 11.8. The Bertz CT molecular complexity index is 1100. The Labute approximate surface area is 183 Å². The van der Waals surface area contributed by atoms with E-state index < -0.39 is 15.7 Å². The van der Waals surface area contributed by atoms with Crippen molar-refractivity contribution in [3.63, 3.8) is 0 Å². The average molecular weight is 500 g/mol. The molecule has 1 aliphatic rings. The summed E-state index contributed by atoms with van der Waals surface area (Å²) in [4.78, 5) is 25.8. The van der Waals surface area contributed by atoms with E-state index in [0.29, 0.717) is 33.8 Å². The van der Waals surface area contributed by atoms with E-state index >= 15 is 0 Å². The number of carbonyl (C=O) groups excluding carboxylic acids is 2. The topological polar surface area (TPSA) is 83.6 Å². The maximum Gasteiger partial charge on any atom is 0.225 e. The van der Waals surface area contributed by atoms with Gasteiger partial charge in [0.05, 0.1) is 16.3 Å². The van der Waals surface area contributed by atoms with E-state index in [0.717, 1.165) is 11.1 Å². The summed E-state index contributed by atoms with van der Waals surface area (Å²) in [6.45, 7) is 3.68. The van der Waals surface area contributed by atoms with Gasteiger partial charge >= 0.3 is 0 Å². The SMILES string of the molecule is CC(=O)N1CCc2cc(Br)cc(S(=O)(=O)CCC(=O)Nc3cc(Cl)ccc3C)c21. The predicted octanol–water partition coefficient (Wildman–Crippen LogP) is 4.12. The third kappa shape index (κ3) is 4.82. The van der Waals surface area contributed by atoms with E-state index in [4.69, 9.17) is 11.6 Å². The largest absolute Gasteiger partial charge is 0.326 e. The van der Waals surface area contributed by atoms with Gasteiger partial charge in [0.1, 0.15) is 0 Å². The van der Waals surface area contributed by atoms with Gasteiger partial charge < -0.3 is 10.2 Å². The van der Waals surface area contributed by atoms with Gasteiger partial charge in [0.15, 0.2) is 9.84 Å². The van der Waals surface area contributed by atoms with E-state index in [2.05, 4.69) is 21.2 Å². The van der Waals surface area contributed by atoms with Gasteiger partial charge in [-0.2, -0.15) is 0 Å². The predicted molar refractivity (Wildman–Crippen MR) is 117 cm³/mol. The zero-order valence-electron chi connectivity index (χ0n) is 16.0. The molecule has 154 valence electrons. The van der Waals surface area contributed by atoms with Crippen molar-refractivity contribution < 1.29 is 18.0 Å². The maximum absolute atomic E-state index is 13.0. The van der Waals surface area contributed by atoms with Crippen LogP contribution in [0, 0.1) is 6.92 Å². The lowest BCUT2D eigenvalue weighted by Gasteiger charge is -2.19. The van der Waals surface area contributed by atoms with Crippen LogP contribution < -0.4 is 10.2 Å². The number of anilines is 2. The van der Waals surface area contributed by atoms with Crippen LogP contribution in [0.15, 0.2) is 39.7 Å². The van der Waals surface area contributed by atoms with Gasteiger partial charge in [-0.1, -0.05) is 33.6 Å². The van der Waals surface area contributed by atoms with Crippen molar-refractivity contribution in [2.24, 2.45) is 0 Å². The number of aryl methyl sites for hydroxylation is 1. The van der Waals surface area contributed by atoms with Crippen molar-refractivity contribution in [3.8, 4) is 0 Å². The molecule has 2 amide bonds. The molecule has 29 heavy (non-hydrogen) atoms. The van der Waals surface area contributed by atoms with Gasteiger partial charge in [0, 0.05) is 35.1 Å². The van der Waals surface area contributed by atoms with Crippen LogP contribution >= 0.6 is 27.5 Å². The Balaban J connectivity index is 1.81. The number of halogens is 2. The lowest BCUT2D eigenvalue weighted by atomic mass is 10.2. The smallest absolute Gasteiger partial charge is 0.225 e. The Morgan fingerprint density at radius 1 is 1.24 bits per heavy atom. The number of rotatable bonds is 5. The number of amides is 2. The lowest BCUT2D eigenvalue weighted by Crippen LogP contribution is -2.27. The second kappa shape index (κ2) is 8.45. The Kier molecular flexibility index (Phi) is 6.36. The van der Waals surface area contributed by atoms with E-state index in [1.807, 2.05) is 13.0 Å². The van der Waals surface area contributed by atoms with Crippen molar-refractivity contribution in [2.75, 3.05) is 22.5 Å². The van der Waals surface area contributed by atoms with E-state index in [1.165, 1.54) is 17.9 Å². The molecule has 0 unspecified atom stereocenters. The first-order valence-electron chi connectivity index (χ1n) is 8.98. The molecule has 0 aliphatic carbocycles. The summed E-state index contributed by atoms with van der Waals surface area (Å²) in [7, 11) is -3.79. The minimum Gasteiger partial charge on any atom is -0.326 e. The highest BCUT2D eigenvalue weighted by molar-refractivity contribution is 9.10. The summed E-state index contributed by atoms with van der Waals surface area (Å²) in [5.41, 5.74) is 2.59. The normalized spacial score (nSPS) is 13.3. The van der Waals surface area contributed by atoms with Crippen LogP contribution in [0.3, 0.4) is 0 Å². The molecule has 2 aromatic rings. The molecule has 6 nitrogen and oxygen atoms in total. The molecule has 9 heteroatoms. The minimum absolute atomic E-state index is 0.0707. The number of nitrogens with zero attached hydrogens (tertiary/aromatic N) is 1. The maximum atomic E-state index is 13.0. The van der Waals surface area contributed by atoms with Gasteiger partial charge in [-0.25, -0.2) is 8.42 Å². The molecular formula is C20H20BrClN2O4S. The molecule has 0 radical (unpaired) electrons. The molecule has 2 aromatic carbocycles. The van der Waals surface area contributed by atoms with Crippen LogP contribution in [0.5, 0.6) is 0 Å². The monoisotopic (exact) mass is 498 g/mol. The number of benzene rings is 2. The zero-order chi connectivity index (χ0) is 21.3. The van der Waals surface area contributed by atoms with Gasteiger partial charge in [0.2, 0.25) is 11.8 Å². The molecule has 0 spiro atoms. The molecule has 0 atom stereocenters. The molecule has 0 saturated carbocycles. The van der Waals surface area contributed by atoms with E-state index in [-0.39, 0.29) is 23.0 Å². The van der Waals surface area contributed by atoms with Gasteiger partial charge in [0.25, 0.3) is 0 Å². The fourth-order valence-electron chi connectivity index (χ4n) is 3.30. The molecule has 0 fully saturated rings. The van der Waals surface area contributed by atoms with Crippen LogP contribution in [0.1, 0.15) is 24.5 Å². The Morgan fingerprint density at radius 3 is 2.66 bits per heavy atom. The minimum atomic E-state index is -3.79. The fourth-order valence-corrected chi connectivity index (χ4v) is 5.65. The van der Waals surface area contributed by atoms with Crippen LogP contribution in [0.4, 0.5) is 11.4 Å². The number of hydrogen-bond acceptors (Lipinski definition) is 4. The first kappa shape index (κ1) is 21.8. The molecule has 0 saturated heterocycles. The molecule has 0 bridgehead atoms. The fraction of sp³-hybridized carbons (Fsp3) is 0.300. The van der Waals surface area contributed by atoms with Crippen LogP contribution in [-0.4, -0.2) is 32.5 Å². The molecule has 0 aromatic heterocycles. The second-order valence-electron chi connectivity index (χ2n) is 6.91. The quantitative estimate of drug-likeness (QED) is 0.671. The first-order chi connectivity index (χ1) is 13.6. The average Bonchev–Trinajstić information content (AvgIpc) is 3.06. The summed E-state index contributed by atoms with van der Waals surface area (Å²) in [6, 6.07) is 8.43. The molecule has 1 N–H and O–H groups in total. The number of fused-ring (bicyclic) bond motifs is 1. The molecular weight excluding hydrogens is 480 g/mol. The summed E-state index contributed by atoms with van der Waals surface area (Å²) in [5.74, 6) is -1.00. The number of nitrogens with one attached hydrogen (secondary N) is 1.